The van der Waals surface area contributed by atoms with Crippen molar-refractivity contribution >= 4 is 40.8 Å². The molecule has 0 aromatic heterocycles. The Hall–Kier alpha value is -4.39. The van der Waals surface area contributed by atoms with Gasteiger partial charge in [-0.1, -0.05) is 79.9 Å². The molecule has 0 saturated heterocycles. The van der Waals surface area contributed by atoms with Crippen LogP contribution < -0.4 is 16.4 Å². The van der Waals surface area contributed by atoms with E-state index in [0.29, 0.717) is 18.2 Å². The van der Waals surface area contributed by atoms with Crippen LogP contribution in [0.1, 0.15) is 43.2 Å². The summed E-state index contributed by atoms with van der Waals surface area (Å²) in [6, 6.07) is 25.3. The van der Waals surface area contributed by atoms with Crippen molar-refractivity contribution in [1.82, 2.24) is 5.01 Å². The van der Waals surface area contributed by atoms with Gasteiger partial charge >= 0.3 is 6.03 Å². The SMILES string of the molecule is NC(N)=Nc1ccc(N2C(=O)N(CC=Cc3ccccc3)N=C(C3CCCCC3)c3ccccc32)cc1. The van der Waals surface area contributed by atoms with E-state index in [1.165, 1.54) is 19.3 Å². The van der Waals surface area contributed by atoms with Crippen molar-refractivity contribution in [2.24, 2.45) is 27.5 Å². The van der Waals surface area contributed by atoms with Gasteiger partial charge in [-0.3, -0.25) is 4.90 Å². The molecule has 188 valence electrons. The van der Waals surface area contributed by atoms with E-state index < -0.39 is 0 Å². The van der Waals surface area contributed by atoms with E-state index in [-0.39, 0.29) is 12.0 Å². The molecular formula is C30H32N6O. The molecule has 1 fully saturated rings. The second-order valence-corrected chi connectivity index (χ2v) is 9.40. The lowest BCUT2D eigenvalue weighted by Crippen LogP contribution is -2.37. The number of carbonyl (C=O) groups is 1. The van der Waals surface area contributed by atoms with Crippen LogP contribution >= 0.6 is 0 Å². The highest BCUT2D eigenvalue weighted by molar-refractivity contribution is 6.13. The molecule has 1 aliphatic heterocycles. The smallest absolute Gasteiger partial charge is 0.349 e. The molecule has 1 aliphatic carbocycles. The first kappa shape index (κ1) is 24.3. The first-order chi connectivity index (χ1) is 18.1. The topological polar surface area (TPSA) is 100 Å². The zero-order chi connectivity index (χ0) is 25.6. The average molecular weight is 493 g/mol. The summed E-state index contributed by atoms with van der Waals surface area (Å²) in [6.45, 7) is 0.362. The molecule has 0 spiro atoms. The van der Waals surface area contributed by atoms with Gasteiger partial charge in [-0.05, 0) is 48.7 Å². The molecule has 5 rings (SSSR count). The number of guanidine groups is 1. The van der Waals surface area contributed by atoms with E-state index >= 15 is 0 Å². The maximum absolute atomic E-state index is 14.1. The van der Waals surface area contributed by atoms with Crippen LogP contribution in [0.4, 0.5) is 21.9 Å². The summed E-state index contributed by atoms with van der Waals surface area (Å²) in [6.07, 6.45) is 9.81. The van der Waals surface area contributed by atoms with Crippen molar-refractivity contribution in [2.75, 3.05) is 11.4 Å². The van der Waals surface area contributed by atoms with Crippen LogP contribution in [0, 0.1) is 5.92 Å². The number of carbonyl (C=O) groups excluding carboxylic acids is 1. The lowest BCUT2D eigenvalue weighted by atomic mass is 9.83. The fourth-order valence-corrected chi connectivity index (χ4v) is 5.05. The van der Waals surface area contributed by atoms with Crippen LogP contribution in [0.5, 0.6) is 0 Å². The summed E-state index contributed by atoms with van der Waals surface area (Å²) < 4.78 is 0. The Balaban J connectivity index is 1.56. The number of rotatable bonds is 6. The Morgan fingerprint density at radius 2 is 1.62 bits per heavy atom. The number of hydrogen-bond donors (Lipinski definition) is 2. The lowest BCUT2D eigenvalue weighted by molar-refractivity contribution is 0.215. The summed E-state index contributed by atoms with van der Waals surface area (Å²) in [4.78, 5) is 19.9. The number of anilines is 2. The summed E-state index contributed by atoms with van der Waals surface area (Å²) in [5.74, 6) is 0.318. The highest BCUT2D eigenvalue weighted by Crippen LogP contribution is 2.37. The van der Waals surface area contributed by atoms with Gasteiger partial charge in [-0.25, -0.2) is 14.8 Å². The number of para-hydroxylation sites is 1. The molecule has 3 aromatic carbocycles. The molecule has 0 radical (unpaired) electrons. The van der Waals surface area contributed by atoms with Crippen LogP contribution in [0.15, 0.2) is 95.0 Å². The fourth-order valence-electron chi connectivity index (χ4n) is 5.05. The van der Waals surface area contributed by atoms with E-state index in [9.17, 15) is 4.79 Å². The van der Waals surface area contributed by atoms with Crippen molar-refractivity contribution in [1.29, 1.82) is 0 Å². The molecule has 1 saturated carbocycles. The third-order valence-electron chi connectivity index (χ3n) is 6.81. The normalized spacial score (nSPS) is 16.3. The van der Waals surface area contributed by atoms with Gasteiger partial charge in [-0.2, -0.15) is 5.10 Å². The van der Waals surface area contributed by atoms with E-state index in [2.05, 4.69) is 11.1 Å². The molecule has 2 amide bonds. The molecule has 37 heavy (non-hydrogen) atoms. The van der Waals surface area contributed by atoms with Gasteiger partial charge in [0.15, 0.2) is 5.96 Å². The molecule has 0 unspecified atom stereocenters. The Kier molecular flexibility index (Phi) is 7.31. The summed E-state index contributed by atoms with van der Waals surface area (Å²) in [7, 11) is 0. The number of nitrogens with zero attached hydrogens (tertiary/aromatic N) is 4. The van der Waals surface area contributed by atoms with Gasteiger partial charge < -0.3 is 11.5 Å². The molecular weight excluding hydrogens is 460 g/mol. The van der Waals surface area contributed by atoms with Gasteiger partial charge in [0.1, 0.15) is 0 Å². The molecule has 4 N–H and O–H groups in total. The van der Waals surface area contributed by atoms with Crippen LogP contribution in [-0.4, -0.2) is 29.3 Å². The summed E-state index contributed by atoms with van der Waals surface area (Å²) in [5.41, 5.74) is 16.3. The highest BCUT2D eigenvalue weighted by atomic mass is 16.2. The Morgan fingerprint density at radius 1 is 0.919 bits per heavy atom. The quantitative estimate of drug-likeness (QED) is 0.318. The van der Waals surface area contributed by atoms with Gasteiger partial charge in [-0.15, -0.1) is 0 Å². The molecule has 7 nitrogen and oxygen atoms in total. The first-order valence-electron chi connectivity index (χ1n) is 12.8. The first-order valence-corrected chi connectivity index (χ1v) is 12.8. The number of urea groups is 1. The Labute approximate surface area is 217 Å². The molecule has 1 heterocycles. The molecule has 7 heteroatoms. The largest absolute Gasteiger partial charge is 0.370 e. The average Bonchev–Trinajstić information content (AvgIpc) is 3.04. The zero-order valence-corrected chi connectivity index (χ0v) is 20.8. The standard InChI is InChI=1S/C30H32N6O/c31-29(32)33-24-17-19-25(20-18-24)36-27-16-8-7-15-26(27)28(23-13-5-2-6-14-23)34-35(30(36)37)21-9-12-22-10-3-1-4-11-22/h1,3-4,7-12,15-20,23H,2,5-6,13-14,21H2,(H4,31,32,33). The predicted octanol–water partition coefficient (Wildman–Crippen LogP) is 6.16. The highest BCUT2D eigenvalue weighted by Gasteiger charge is 2.33. The third-order valence-corrected chi connectivity index (χ3v) is 6.81. The van der Waals surface area contributed by atoms with Crippen molar-refractivity contribution in [2.45, 2.75) is 32.1 Å². The number of fused-ring (bicyclic) bond motifs is 1. The monoisotopic (exact) mass is 492 g/mol. The molecule has 3 aromatic rings. The maximum Gasteiger partial charge on any atom is 0.349 e. The lowest BCUT2D eigenvalue weighted by Gasteiger charge is -2.26. The van der Waals surface area contributed by atoms with E-state index in [1.54, 1.807) is 22.0 Å². The van der Waals surface area contributed by atoms with Crippen LogP contribution in [-0.2, 0) is 0 Å². The van der Waals surface area contributed by atoms with Gasteiger partial charge in [0.2, 0.25) is 0 Å². The second-order valence-electron chi connectivity index (χ2n) is 9.40. The molecule has 0 bridgehead atoms. The number of aliphatic imine (C=N–C) groups is 1. The number of nitrogens with two attached hydrogens (primary N) is 2. The predicted molar refractivity (Wildman–Crippen MR) is 151 cm³/mol. The minimum absolute atomic E-state index is 0.00848. The van der Waals surface area contributed by atoms with E-state index in [0.717, 1.165) is 41.1 Å². The van der Waals surface area contributed by atoms with Gasteiger partial charge in [0.05, 0.1) is 29.3 Å². The van der Waals surface area contributed by atoms with Crippen molar-refractivity contribution < 1.29 is 4.79 Å². The van der Waals surface area contributed by atoms with Gasteiger partial charge in [0, 0.05) is 11.5 Å². The second kappa shape index (κ2) is 11.1. The zero-order valence-electron chi connectivity index (χ0n) is 20.8. The number of hydrogen-bond acceptors (Lipinski definition) is 3. The van der Waals surface area contributed by atoms with E-state index in [1.807, 2.05) is 72.8 Å². The van der Waals surface area contributed by atoms with Crippen molar-refractivity contribution in [3.8, 4) is 0 Å². The minimum atomic E-state index is -0.203. The van der Waals surface area contributed by atoms with Crippen molar-refractivity contribution in [3.05, 3.63) is 96.1 Å². The number of benzene rings is 3. The van der Waals surface area contributed by atoms with Gasteiger partial charge in [0.25, 0.3) is 0 Å². The molecule has 0 atom stereocenters. The maximum atomic E-state index is 14.1. The number of hydrazone groups is 1. The summed E-state index contributed by atoms with van der Waals surface area (Å²) in [5, 5.41) is 6.63. The van der Waals surface area contributed by atoms with Crippen LogP contribution in [0.3, 0.4) is 0 Å². The van der Waals surface area contributed by atoms with E-state index in [4.69, 9.17) is 16.6 Å². The fraction of sp³-hybridized carbons (Fsp3) is 0.233. The van der Waals surface area contributed by atoms with Crippen LogP contribution in [0.2, 0.25) is 0 Å². The Morgan fingerprint density at radius 3 is 2.35 bits per heavy atom. The van der Waals surface area contributed by atoms with Crippen molar-refractivity contribution in [3.63, 3.8) is 0 Å². The minimum Gasteiger partial charge on any atom is -0.370 e. The summed E-state index contributed by atoms with van der Waals surface area (Å²) >= 11 is 0. The number of amides is 2. The van der Waals surface area contributed by atoms with Crippen LogP contribution in [0.25, 0.3) is 6.08 Å². The molecule has 2 aliphatic rings. The third kappa shape index (κ3) is 5.56. The Bertz CT molecular complexity index is 1320.